The van der Waals surface area contributed by atoms with E-state index in [2.05, 4.69) is 0 Å². The Kier molecular flexibility index (Phi) is 3.68. The number of aliphatic carboxylic acids is 1. The Hall–Kier alpha value is -1.93. The van der Waals surface area contributed by atoms with E-state index in [1.807, 2.05) is 11.8 Å². The first-order chi connectivity index (χ1) is 10.7. The Morgan fingerprint density at radius 3 is 2.48 bits per heavy atom. The molecular weight excluding hydrogens is 302 g/mol. The third-order valence-corrected chi connectivity index (χ3v) is 5.27. The van der Waals surface area contributed by atoms with Gasteiger partial charge in [-0.15, -0.1) is 0 Å². The number of carboxylic acid groups (broad SMARTS) is 1. The van der Waals surface area contributed by atoms with Crippen LogP contribution in [0.15, 0.2) is 11.3 Å². The van der Waals surface area contributed by atoms with E-state index in [1.54, 1.807) is 6.92 Å². The zero-order chi connectivity index (χ0) is 17.0. The Morgan fingerprint density at radius 2 is 2.00 bits per heavy atom. The molecule has 4 atom stereocenters. The van der Waals surface area contributed by atoms with E-state index in [0.29, 0.717) is 25.2 Å². The average molecular weight is 323 g/mol. The molecule has 3 aliphatic rings. The molecule has 0 aromatic heterocycles. The maximum atomic E-state index is 12.2. The number of aliphatic hydroxyl groups is 1. The number of carbonyl (C=O) groups excluding carboxylic acids is 2. The first kappa shape index (κ1) is 15.9. The lowest BCUT2D eigenvalue weighted by Crippen LogP contribution is -2.63. The number of carbonyl (C=O) groups is 3. The van der Waals surface area contributed by atoms with Crippen LogP contribution in [0.4, 0.5) is 0 Å². The summed E-state index contributed by atoms with van der Waals surface area (Å²) in [6.07, 6.45) is -0.802. The second-order valence-corrected chi connectivity index (χ2v) is 6.73. The third-order valence-electron chi connectivity index (χ3n) is 5.27. The van der Waals surface area contributed by atoms with Crippen molar-refractivity contribution in [1.29, 1.82) is 0 Å². The van der Waals surface area contributed by atoms with Crippen LogP contribution < -0.4 is 5.73 Å². The standard InChI is InChI=1S/C15H21N3O5/c1-6-9(5-17-3-8(4-17)13(16)20)12(15(22)23)18-11(6)10(7(2)19)14(18)21/h6-8,10-11,19H,3-5H2,1-2H3,(H2,16,20)(H,22,23)/t6-,7+,10+,11+/m0/s1. The summed E-state index contributed by atoms with van der Waals surface area (Å²) in [5, 5.41) is 19.3. The van der Waals surface area contributed by atoms with E-state index in [9.17, 15) is 24.6 Å². The molecule has 0 radical (unpaired) electrons. The van der Waals surface area contributed by atoms with Gasteiger partial charge in [-0.25, -0.2) is 4.79 Å². The van der Waals surface area contributed by atoms with Gasteiger partial charge in [0, 0.05) is 25.6 Å². The minimum atomic E-state index is -1.13. The number of primary amides is 1. The lowest BCUT2D eigenvalue weighted by Gasteiger charge is -2.46. The lowest BCUT2D eigenvalue weighted by molar-refractivity contribution is -0.163. The highest BCUT2D eigenvalue weighted by Crippen LogP contribution is 2.47. The fourth-order valence-electron chi connectivity index (χ4n) is 3.97. The van der Waals surface area contributed by atoms with E-state index >= 15 is 0 Å². The summed E-state index contributed by atoms with van der Waals surface area (Å²) in [6.45, 7) is 4.86. The third kappa shape index (κ3) is 2.24. The molecule has 0 aromatic rings. The van der Waals surface area contributed by atoms with E-state index in [0.717, 1.165) is 0 Å². The monoisotopic (exact) mass is 323 g/mol. The van der Waals surface area contributed by atoms with E-state index < -0.39 is 18.0 Å². The maximum absolute atomic E-state index is 12.2. The maximum Gasteiger partial charge on any atom is 0.352 e. The van der Waals surface area contributed by atoms with Crippen LogP contribution in [0.2, 0.25) is 0 Å². The van der Waals surface area contributed by atoms with Crippen LogP contribution in [0, 0.1) is 17.8 Å². The fraction of sp³-hybridized carbons (Fsp3) is 0.667. The van der Waals surface area contributed by atoms with Crippen molar-refractivity contribution in [2.24, 2.45) is 23.5 Å². The molecule has 2 saturated heterocycles. The van der Waals surface area contributed by atoms with Gasteiger partial charge in [-0.3, -0.25) is 14.5 Å². The highest BCUT2D eigenvalue weighted by molar-refractivity contribution is 6.00. The van der Waals surface area contributed by atoms with Crippen LogP contribution in [0.25, 0.3) is 0 Å². The molecule has 2 fully saturated rings. The molecule has 0 bridgehead atoms. The summed E-state index contributed by atoms with van der Waals surface area (Å²) in [5.74, 6) is -2.68. The summed E-state index contributed by atoms with van der Waals surface area (Å²) < 4.78 is 0. The predicted molar refractivity (Wildman–Crippen MR) is 78.8 cm³/mol. The van der Waals surface area contributed by atoms with Crippen LogP contribution in [0.3, 0.4) is 0 Å². The molecule has 3 aliphatic heterocycles. The number of β-lactam (4-membered cyclic amide) rings is 1. The van der Waals surface area contributed by atoms with Gasteiger partial charge in [0.05, 0.1) is 24.0 Å². The number of aliphatic hydroxyl groups excluding tert-OH is 1. The van der Waals surface area contributed by atoms with Crippen molar-refractivity contribution in [3.63, 3.8) is 0 Å². The zero-order valence-electron chi connectivity index (χ0n) is 13.1. The van der Waals surface area contributed by atoms with Crippen molar-refractivity contribution in [1.82, 2.24) is 9.80 Å². The van der Waals surface area contributed by atoms with Crippen LogP contribution >= 0.6 is 0 Å². The zero-order valence-corrected chi connectivity index (χ0v) is 13.1. The van der Waals surface area contributed by atoms with Gasteiger partial charge < -0.3 is 20.8 Å². The summed E-state index contributed by atoms with van der Waals surface area (Å²) in [6, 6.07) is -0.295. The number of rotatable bonds is 5. The summed E-state index contributed by atoms with van der Waals surface area (Å²) in [4.78, 5) is 38.2. The summed E-state index contributed by atoms with van der Waals surface area (Å²) >= 11 is 0. The quantitative estimate of drug-likeness (QED) is 0.535. The smallest absolute Gasteiger partial charge is 0.352 e. The van der Waals surface area contributed by atoms with E-state index in [1.165, 1.54) is 4.90 Å². The van der Waals surface area contributed by atoms with Crippen LogP contribution in [0.5, 0.6) is 0 Å². The Labute approximate surface area is 133 Å². The molecular formula is C15H21N3O5. The molecule has 4 N–H and O–H groups in total. The summed E-state index contributed by atoms with van der Waals surface area (Å²) in [7, 11) is 0. The van der Waals surface area contributed by atoms with Gasteiger partial charge >= 0.3 is 5.97 Å². The molecule has 0 saturated carbocycles. The van der Waals surface area contributed by atoms with Crippen LogP contribution in [-0.2, 0) is 14.4 Å². The number of nitrogens with zero attached hydrogens (tertiary/aromatic N) is 2. The first-order valence-corrected chi connectivity index (χ1v) is 7.73. The normalized spacial score (nSPS) is 32.4. The number of amides is 2. The number of hydrogen-bond donors (Lipinski definition) is 3. The minimum Gasteiger partial charge on any atom is -0.477 e. The Morgan fingerprint density at radius 1 is 1.39 bits per heavy atom. The van der Waals surface area contributed by atoms with Gasteiger partial charge in [-0.05, 0) is 12.5 Å². The summed E-state index contributed by atoms with van der Waals surface area (Å²) in [5.41, 5.74) is 5.96. The Bertz CT molecular complexity index is 608. The number of likely N-dealkylation sites (tertiary alicyclic amines) is 1. The van der Waals surface area contributed by atoms with Crippen molar-refractivity contribution in [3.05, 3.63) is 11.3 Å². The second kappa shape index (κ2) is 5.31. The first-order valence-electron chi connectivity index (χ1n) is 7.73. The number of carboxylic acids is 1. The molecule has 126 valence electrons. The van der Waals surface area contributed by atoms with E-state index in [-0.39, 0.29) is 35.4 Å². The molecule has 3 heterocycles. The van der Waals surface area contributed by atoms with Crippen LogP contribution in [-0.4, -0.2) is 69.6 Å². The van der Waals surface area contributed by atoms with Crippen molar-refractivity contribution >= 4 is 17.8 Å². The number of fused-ring (bicyclic) bond motifs is 1. The lowest BCUT2D eigenvalue weighted by atomic mass is 9.77. The molecule has 8 heteroatoms. The van der Waals surface area contributed by atoms with Gasteiger partial charge in [0.15, 0.2) is 0 Å². The predicted octanol–water partition coefficient (Wildman–Crippen LogP) is -1.40. The molecule has 0 spiro atoms. The topological polar surface area (TPSA) is 124 Å². The molecule has 2 amide bonds. The van der Waals surface area contributed by atoms with Gasteiger partial charge in [-0.2, -0.15) is 0 Å². The van der Waals surface area contributed by atoms with Crippen molar-refractivity contribution in [3.8, 4) is 0 Å². The molecule has 8 nitrogen and oxygen atoms in total. The number of hydrogen-bond acceptors (Lipinski definition) is 5. The fourth-order valence-corrected chi connectivity index (χ4v) is 3.97. The molecule has 3 rings (SSSR count). The molecule has 0 unspecified atom stereocenters. The molecule has 0 aliphatic carbocycles. The van der Waals surface area contributed by atoms with Gasteiger partial charge in [0.25, 0.3) is 0 Å². The van der Waals surface area contributed by atoms with Crippen molar-refractivity contribution in [2.75, 3.05) is 19.6 Å². The molecule has 0 aromatic carbocycles. The highest BCUT2D eigenvalue weighted by Gasteiger charge is 2.59. The highest BCUT2D eigenvalue weighted by atomic mass is 16.4. The Balaban J connectivity index is 1.80. The minimum absolute atomic E-state index is 0.0342. The van der Waals surface area contributed by atoms with Crippen LogP contribution in [0.1, 0.15) is 13.8 Å². The van der Waals surface area contributed by atoms with Gasteiger partial charge in [0.1, 0.15) is 5.70 Å². The number of nitrogens with two attached hydrogens (primary N) is 1. The average Bonchev–Trinajstić information content (AvgIpc) is 2.62. The van der Waals surface area contributed by atoms with E-state index in [4.69, 9.17) is 5.73 Å². The largest absolute Gasteiger partial charge is 0.477 e. The van der Waals surface area contributed by atoms with Crippen molar-refractivity contribution in [2.45, 2.75) is 26.0 Å². The second-order valence-electron chi connectivity index (χ2n) is 6.73. The molecule has 23 heavy (non-hydrogen) atoms. The van der Waals surface area contributed by atoms with Gasteiger partial charge in [-0.1, -0.05) is 6.92 Å². The SMILES string of the molecule is C[C@@H](O)[C@H]1C(=O)N2C(C(=O)O)=C(CN3CC(C(N)=O)C3)[C@H](C)[C@H]12. The van der Waals surface area contributed by atoms with Crippen molar-refractivity contribution < 1.29 is 24.6 Å². The van der Waals surface area contributed by atoms with Gasteiger partial charge in [0.2, 0.25) is 11.8 Å².